The molecule has 0 spiro atoms. The Morgan fingerprint density at radius 2 is 1.03 bits per heavy atom. The van der Waals surface area contributed by atoms with Crippen molar-refractivity contribution in [3.8, 4) is 28.4 Å². The van der Waals surface area contributed by atoms with E-state index < -0.39 is 0 Å². The Kier molecular flexibility index (Phi) is 7.19. The summed E-state index contributed by atoms with van der Waals surface area (Å²) in [7, 11) is 0. The van der Waals surface area contributed by atoms with Gasteiger partial charge < -0.3 is 15.3 Å². The molecule has 0 aliphatic carbocycles. The molecular weight excluding hydrogens is 638 g/mol. The molecule has 0 fully saturated rings. The Morgan fingerprint density at radius 1 is 0.576 bits per heavy atom. The van der Waals surface area contributed by atoms with Gasteiger partial charge in [-0.05, 0) is 128 Å². The van der Waals surface area contributed by atoms with Gasteiger partial charge in [-0.25, -0.2) is 0 Å². The van der Waals surface area contributed by atoms with Crippen LogP contribution in [0.1, 0.15) is 33.4 Å². The van der Waals surface area contributed by atoms with Crippen LogP contribution in [0.5, 0.6) is 17.2 Å². The third kappa shape index (κ3) is 5.30. The number of hydrogen-bond acceptors (Lipinski definition) is 3. The third-order valence-electron chi connectivity index (χ3n) is 5.79. The van der Waals surface area contributed by atoms with E-state index in [1.54, 1.807) is 0 Å². The molecule has 168 valence electrons. The molecule has 0 atom stereocenters. The van der Waals surface area contributed by atoms with Crippen LogP contribution in [0.15, 0.2) is 66.7 Å². The van der Waals surface area contributed by atoms with Gasteiger partial charge in [-0.3, -0.25) is 0 Å². The molecule has 0 radical (unpaired) electrons. The van der Waals surface area contributed by atoms with Crippen LogP contribution in [-0.4, -0.2) is 15.3 Å². The molecule has 4 aromatic carbocycles. The molecule has 4 aromatic rings. The first-order valence-corrected chi connectivity index (χ1v) is 12.7. The third-order valence-corrected chi connectivity index (χ3v) is 7.44. The monoisotopic (exact) mass is 662 g/mol. The van der Waals surface area contributed by atoms with E-state index in [0.717, 1.165) is 51.6 Å². The highest BCUT2D eigenvalue weighted by Gasteiger charge is 2.15. The van der Waals surface area contributed by atoms with Crippen LogP contribution < -0.4 is 0 Å². The van der Waals surface area contributed by atoms with Crippen LogP contribution in [0.4, 0.5) is 0 Å². The fourth-order valence-electron chi connectivity index (χ4n) is 4.09. The molecule has 4 rings (SSSR count). The van der Waals surface area contributed by atoms with Gasteiger partial charge in [0.1, 0.15) is 17.2 Å². The minimum atomic E-state index is 0.288. The first kappa shape index (κ1) is 23.9. The molecule has 0 heterocycles. The molecular formula is C28H24I2O3. The number of rotatable bonds is 5. The average molecular weight is 662 g/mol. The van der Waals surface area contributed by atoms with Gasteiger partial charge in [0.05, 0.1) is 7.14 Å². The summed E-state index contributed by atoms with van der Waals surface area (Å²) in [5.41, 5.74) is 7.55. The Labute approximate surface area is 221 Å². The predicted octanol–water partition coefficient (Wildman–Crippen LogP) is 7.48. The second-order valence-electron chi connectivity index (χ2n) is 8.35. The van der Waals surface area contributed by atoms with E-state index in [9.17, 15) is 15.3 Å². The van der Waals surface area contributed by atoms with Crippen molar-refractivity contribution >= 4 is 45.2 Å². The molecule has 0 saturated heterocycles. The molecule has 3 nitrogen and oxygen atoms in total. The zero-order chi connectivity index (χ0) is 23.7. The summed E-state index contributed by atoms with van der Waals surface area (Å²) in [6, 6.07) is 22.1. The standard InChI is InChI=1S/C28H24I2O3/c1-16-8-18(12-24(29)26(16)31)10-22-14-21(20-6-4-3-5-7-20)15-23(28(22)33)11-19-9-17(2)27(32)25(30)13-19/h3-9,12-15,31-33H,10-11H2,1-2H3. The molecule has 0 saturated carbocycles. The first-order valence-electron chi connectivity index (χ1n) is 10.6. The normalized spacial score (nSPS) is 11.0. The highest BCUT2D eigenvalue weighted by molar-refractivity contribution is 14.1. The summed E-state index contributed by atoms with van der Waals surface area (Å²) in [4.78, 5) is 0. The van der Waals surface area contributed by atoms with Crippen molar-refractivity contribution < 1.29 is 15.3 Å². The van der Waals surface area contributed by atoms with Crippen molar-refractivity contribution in [3.63, 3.8) is 0 Å². The summed E-state index contributed by atoms with van der Waals surface area (Å²) >= 11 is 4.28. The second kappa shape index (κ2) is 9.93. The minimum Gasteiger partial charge on any atom is -0.507 e. The number of aromatic hydroxyl groups is 3. The van der Waals surface area contributed by atoms with Gasteiger partial charge in [-0.1, -0.05) is 42.5 Å². The van der Waals surface area contributed by atoms with Crippen LogP contribution in [0.3, 0.4) is 0 Å². The summed E-state index contributed by atoms with van der Waals surface area (Å²) in [5.74, 6) is 0.898. The van der Waals surface area contributed by atoms with Gasteiger partial charge in [0.25, 0.3) is 0 Å². The zero-order valence-electron chi connectivity index (χ0n) is 18.4. The lowest BCUT2D eigenvalue weighted by atomic mass is 9.92. The van der Waals surface area contributed by atoms with Gasteiger partial charge in [-0.15, -0.1) is 0 Å². The number of phenolic OH excluding ortho intramolecular Hbond substituents is 3. The molecule has 3 N–H and O–H groups in total. The Morgan fingerprint density at radius 3 is 1.45 bits per heavy atom. The van der Waals surface area contributed by atoms with Gasteiger partial charge in [0.15, 0.2) is 0 Å². The molecule has 0 amide bonds. The van der Waals surface area contributed by atoms with Gasteiger partial charge >= 0.3 is 0 Å². The Hall–Kier alpha value is -2.26. The second-order valence-corrected chi connectivity index (χ2v) is 10.7. The summed E-state index contributed by atoms with van der Waals surface area (Å²) < 4.78 is 1.60. The maximum atomic E-state index is 11.3. The minimum absolute atomic E-state index is 0.288. The highest BCUT2D eigenvalue weighted by Crippen LogP contribution is 2.35. The number of phenols is 3. The van der Waals surface area contributed by atoms with E-state index in [4.69, 9.17) is 0 Å². The average Bonchev–Trinajstić information content (AvgIpc) is 2.79. The van der Waals surface area contributed by atoms with E-state index in [1.807, 2.05) is 56.3 Å². The van der Waals surface area contributed by atoms with E-state index in [0.29, 0.717) is 24.3 Å². The van der Waals surface area contributed by atoms with Gasteiger partial charge in [0.2, 0.25) is 0 Å². The summed E-state index contributed by atoms with van der Waals surface area (Å²) in [5, 5.41) is 31.5. The van der Waals surface area contributed by atoms with E-state index >= 15 is 0 Å². The molecule has 0 aliphatic rings. The lowest BCUT2D eigenvalue weighted by Crippen LogP contribution is -1.98. The van der Waals surface area contributed by atoms with Crippen molar-refractivity contribution in [3.05, 3.63) is 107 Å². The predicted molar refractivity (Wildman–Crippen MR) is 150 cm³/mol. The van der Waals surface area contributed by atoms with Crippen LogP contribution >= 0.6 is 45.2 Å². The maximum Gasteiger partial charge on any atom is 0.131 e. The Balaban J connectivity index is 1.81. The van der Waals surface area contributed by atoms with Crippen LogP contribution in [0.25, 0.3) is 11.1 Å². The van der Waals surface area contributed by atoms with Crippen LogP contribution in [-0.2, 0) is 12.8 Å². The lowest BCUT2D eigenvalue weighted by Gasteiger charge is -2.15. The molecule has 0 aromatic heterocycles. The lowest BCUT2D eigenvalue weighted by molar-refractivity contribution is 0.463. The smallest absolute Gasteiger partial charge is 0.131 e. The number of halogens is 2. The van der Waals surface area contributed by atoms with Crippen LogP contribution in [0.2, 0.25) is 0 Å². The van der Waals surface area contributed by atoms with E-state index in [-0.39, 0.29) is 5.75 Å². The molecule has 0 unspecified atom stereocenters. The SMILES string of the molecule is Cc1cc(Cc2cc(-c3ccccc3)cc(Cc3cc(C)c(O)c(I)c3)c2O)cc(I)c1O. The van der Waals surface area contributed by atoms with Crippen molar-refractivity contribution in [2.75, 3.05) is 0 Å². The summed E-state index contributed by atoms with van der Waals surface area (Å²) in [6.45, 7) is 3.78. The van der Waals surface area contributed by atoms with E-state index in [2.05, 4.69) is 69.4 Å². The Bertz CT molecular complexity index is 1200. The highest BCUT2D eigenvalue weighted by atomic mass is 127. The first-order chi connectivity index (χ1) is 15.7. The summed E-state index contributed by atoms with van der Waals surface area (Å²) in [6.07, 6.45) is 1.12. The maximum absolute atomic E-state index is 11.3. The van der Waals surface area contributed by atoms with Crippen molar-refractivity contribution in [2.24, 2.45) is 0 Å². The van der Waals surface area contributed by atoms with Gasteiger partial charge in [0, 0.05) is 12.8 Å². The fraction of sp³-hybridized carbons (Fsp3) is 0.143. The van der Waals surface area contributed by atoms with Crippen molar-refractivity contribution in [1.82, 2.24) is 0 Å². The quantitative estimate of drug-likeness (QED) is 0.195. The van der Waals surface area contributed by atoms with Crippen molar-refractivity contribution in [2.45, 2.75) is 26.7 Å². The number of aryl methyl sites for hydroxylation is 2. The van der Waals surface area contributed by atoms with E-state index in [1.165, 1.54) is 0 Å². The topological polar surface area (TPSA) is 60.7 Å². The fourth-order valence-corrected chi connectivity index (χ4v) is 5.74. The molecule has 0 aliphatic heterocycles. The molecule has 0 bridgehead atoms. The largest absolute Gasteiger partial charge is 0.507 e. The van der Waals surface area contributed by atoms with Gasteiger partial charge in [-0.2, -0.15) is 0 Å². The molecule has 5 heteroatoms. The van der Waals surface area contributed by atoms with Crippen molar-refractivity contribution in [1.29, 1.82) is 0 Å². The number of benzene rings is 4. The zero-order valence-corrected chi connectivity index (χ0v) is 22.7. The van der Waals surface area contributed by atoms with Crippen LogP contribution in [0, 0.1) is 21.0 Å². The molecule has 33 heavy (non-hydrogen) atoms. The number of hydrogen-bond donors (Lipinski definition) is 3.